The van der Waals surface area contributed by atoms with Crippen LogP contribution in [0.4, 0.5) is 10.2 Å². The van der Waals surface area contributed by atoms with E-state index < -0.39 is 0 Å². The molecular formula is C15H14BrFN2. The van der Waals surface area contributed by atoms with E-state index in [4.69, 9.17) is 0 Å². The number of halogens is 2. The van der Waals surface area contributed by atoms with Gasteiger partial charge in [-0.2, -0.15) is 0 Å². The van der Waals surface area contributed by atoms with E-state index in [9.17, 15) is 4.39 Å². The Hall–Kier alpha value is -1.42. The van der Waals surface area contributed by atoms with Gasteiger partial charge in [-0.05, 0) is 54.7 Å². The topological polar surface area (TPSA) is 24.9 Å². The molecule has 0 spiro atoms. The number of anilines is 1. The van der Waals surface area contributed by atoms with Crippen molar-refractivity contribution < 1.29 is 4.39 Å². The largest absolute Gasteiger partial charge is 0.366 e. The van der Waals surface area contributed by atoms with Crippen LogP contribution < -0.4 is 5.32 Å². The van der Waals surface area contributed by atoms with Crippen molar-refractivity contribution in [3.8, 4) is 0 Å². The Kier molecular flexibility index (Phi) is 3.51. The summed E-state index contributed by atoms with van der Waals surface area (Å²) in [5.41, 5.74) is 3.45. The monoisotopic (exact) mass is 320 g/mol. The molecule has 2 aromatic rings. The summed E-state index contributed by atoms with van der Waals surface area (Å²) < 4.78 is 14.1. The Labute approximate surface area is 120 Å². The summed E-state index contributed by atoms with van der Waals surface area (Å²) in [7, 11) is 0. The zero-order chi connectivity index (χ0) is 13.2. The molecule has 0 fully saturated rings. The number of pyridine rings is 1. The summed E-state index contributed by atoms with van der Waals surface area (Å²) in [6.45, 7) is 0.560. The molecule has 0 bridgehead atoms. The molecule has 19 heavy (non-hydrogen) atoms. The second-order valence-corrected chi connectivity index (χ2v) is 5.60. The van der Waals surface area contributed by atoms with Gasteiger partial charge in [0.05, 0.1) is 0 Å². The number of benzene rings is 1. The lowest BCUT2D eigenvalue weighted by molar-refractivity contribution is 0.625. The minimum Gasteiger partial charge on any atom is -0.366 e. The van der Waals surface area contributed by atoms with Gasteiger partial charge in [0, 0.05) is 16.7 Å². The van der Waals surface area contributed by atoms with Gasteiger partial charge >= 0.3 is 0 Å². The van der Waals surface area contributed by atoms with Crippen molar-refractivity contribution in [1.82, 2.24) is 4.98 Å². The first kappa shape index (κ1) is 12.6. The van der Waals surface area contributed by atoms with Crippen LogP contribution in [0.2, 0.25) is 0 Å². The third-order valence-corrected chi connectivity index (χ3v) is 4.17. The third kappa shape index (κ3) is 2.78. The van der Waals surface area contributed by atoms with E-state index in [1.165, 1.54) is 29.8 Å². The Morgan fingerprint density at radius 3 is 3.00 bits per heavy atom. The highest BCUT2D eigenvalue weighted by molar-refractivity contribution is 9.10. The van der Waals surface area contributed by atoms with Crippen LogP contribution in [-0.2, 0) is 19.4 Å². The van der Waals surface area contributed by atoms with Crippen molar-refractivity contribution in [2.75, 3.05) is 5.32 Å². The van der Waals surface area contributed by atoms with Gasteiger partial charge < -0.3 is 5.32 Å². The number of aryl methyl sites for hydroxylation is 2. The third-order valence-electron chi connectivity index (χ3n) is 3.40. The molecule has 4 heteroatoms. The standard InChI is InChI=1S/C15H14BrFN2/c16-13-6-5-12(17)8-11(13)9-18-15-7-4-10-2-1-3-14(10)19-15/h4-8H,1-3,9H2,(H,18,19). The second kappa shape index (κ2) is 5.29. The smallest absolute Gasteiger partial charge is 0.126 e. The summed E-state index contributed by atoms with van der Waals surface area (Å²) in [6, 6.07) is 8.84. The van der Waals surface area contributed by atoms with E-state index in [0.717, 1.165) is 28.7 Å². The molecule has 1 heterocycles. The maximum atomic E-state index is 13.2. The highest BCUT2D eigenvalue weighted by Crippen LogP contribution is 2.23. The van der Waals surface area contributed by atoms with Crippen LogP contribution in [0.15, 0.2) is 34.8 Å². The molecule has 1 aromatic heterocycles. The number of nitrogens with one attached hydrogen (secondary N) is 1. The number of hydrogen-bond donors (Lipinski definition) is 1. The summed E-state index contributed by atoms with van der Waals surface area (Å²) in [5, 5.41) is 3.25. The molecule has 1 aromatic carbocycles. The SMILES string of the molecule is Fc1ccc(Br)c(CNc2ccc3c(n2)CCC3)c1. The van der Waals surface area contributed by atoms with E-state index in [1.54, 1.807) is 6.07 Å². The normalized spacial score (nSPS) is 13.4. The zero-order valence-corrected chi connectivity index (χ0v) is 12.0. The van der Waals surface area contributed by atoms with Crippen LogP contribution in [0.5, 0.6) is 0 Å². The van der Waals surface area contributed by atoms with Gasteiger partial charge in [-0.15, -0.1) is 0 Å². The average Bonchev–Trinajstić information content (AvgIpc) is 2.87. The fourth-order valence-corrected chi connectivity index (χ4v) is 2.77. The average molecular weight is 321 g/mol. The fourth-order valence-electron chi connectivity index (χ4n) is 2.38. The van der Waals surface area contributed by atoms with Crippen LogP contribution in [0, 0.1) is 5.82 Å². The van der Waals surface area contributed by atoms with Gasteiger partial charge in [-0.3, -0.25) is 0 Å². The van der Waals surface area contributed by atoms with Gasteiger partial charge in [0.1, 0.15) is 11.6 Å². The number of hydrogen-bond acceptors (Lipinski definition) is 2. The maximum absolute atomic E-state index is 13.2. The van der Waals surface area contributed by atoms with Crippen molar-refractivity contribution in [3.63, 3.8) is 0 Å². The molecule has 0 saturated heterocycles. The molecule has 0 atom stereocenters. The van der Waals surface area contributed by atoms with E-state index in [0.29, 0.717) is 6.54 Å². The number of rotatable bonds is 3. The number of fused-ring (bicyclic) bond motifs is 1. The lowest BCUT2D eigenvalue weighted by Crippen LogP contribution is -2.03. The molecule has 0 radical (unpaired) electrons. The van der Waals surface area contributed by atoms with Crippen molar-refractivity contribution in [3.05, 3.63) is 57.4 Å². The molecular weight excluding hydrogens is 307 g/mol. The van der Waals surface area contributed by atoms with Crippen molar-refractivity contribution >= 4 is 21.7 Å². The Morgan fingerprint density at radius 1 is 1.21 bits per heavy atom. The predicted octanol–water partition coefficient (Wildman–Crippen LogP) is 4.08. The number of aromatic nitrogens is 1. The first-order chi connectivity index (χ1) is 9.22. The van der Waals surface area contributed by atoms with Crippen molar-refractivity contribution in [1.29, 1.82) is 0 Å². The lowest BCUT2D eigenvalue weighted by atomic mass is 10.2. The molecule has 1 aliphatic carbocycles. The molecule has 0 amide bonds. The van der Waals surface area contributed by atoms with E-state index >= 15 is 0 Å². The molecule has 1 aliphatic rings. The van der Waals surface area contributed by atoms with E-state index in [2.05, 4.69) is 32.3 Å². The summed E-state index contributed by atoms with van der Waals surface area (Å²) >= 11 is 3.43. The van der Waals surface area contributed by atoms with Crippen LogP contribution in [0.3, 0.4) is 0 Å². The highest BCUT2D eigenvalue weighted by atomic mass is 79.9. The predicted molar refractivity (Wildman–Crippen MR) is 77.7 cm³/mol. The van der Waals surface area contributed by atoms with Crippen molar-refractivity contribution in [2.24, 2.45) is 0 Å². The van der Waals surface area contributed by atoms with Crippen molar-refractivity contribution in [2.45, 2.75) is 25.8 Å². The molecule has 2 nitrogen and oxygen atoms in total. The van der Waals surface area contributed by atoms with Crippen LogP contribution in [-0.4, -0.2) is 4.98 Å². The number of nitrogens with zero attached hydrogens (tertiary/aromatic N) is 1. The van der Waals surface area contributed by atoms with E-state index in [1.807, 2.05) is 6.07 Å². The highest BCUT2D eigenvalue weighted by Gasteiger charge is 2.12. The minimum atomic E-state index is -0.220. The first-order valence-corrected chi connectivity index (χ1v) is 7.18. The van der Waals surface area contributed by atoms with Gasteiger partial charge in [0.2, 0.25) is 0 Å². The van der Waals surface area contributed by atoms with Gasteiger partial charge in [0.15, 0.2) is 0 Å². The molecule has 98 valence electrons. The molecule has 3 rings (SSSR count). The molecule has 0 saturated carbocycles. The van der Waals surface area contributed by atoms with Gasteiger partial charge in [-0.25, -0.2) is 9.37 Å². The minimum absolute atomic E-state index is 0.220. The van der Waals surface area contributed by atoms with Crippen LogP contribution >= 0.6 is 15.9 Å². The first-order valence-electron chi connectivity index (χ1n) is 6.39. The molecule has 0 aliphatic heterocycles. The van der Waals surface area contributed by atoms with Crippen LogP contribution in [0.25, 0.3) is 0 Å². The van der Waals surface area contributed by atoms with E-state index in [-0.39, 0.29) is 5.82 Å². The van der Waals surface area contributed by atoms with Gasteiger partial charge in [-0.1, -0.05) is 22.0 Å². The fraction of sp³-hybridized carbons (Fsp3) is 0.267. The Bertz CT molecular complexity index is 613. The quantitative estimate of drug-likeness (QED) is 0.921. The summed E-state index contributed by atoms with van der Waals surface area (Å²) in [5.74, 6) is 0.638. The molecule has 0 unspecified atom stereocenters. The Balaban J connectivity index is 1.74. The maximum Gasteiger partial charge on any atom is 0.126 e. The summed E-state index contributed by atoms with van der Waals surface area (Å²) in [6.07, 6.45) is 3.40. The van der Waals surface area contributed by atoms with Crippen LogP contribution in [0.1, 0.15) is 23.2 Å². The lowest BCUT2D eigenvalue weighted by Gasteiger charge is -2.09. The Morgan fingerprint density at radius 2 is 2.11 bits per heavy atom. The second-order valence-electron chi connectivity index (χ2n) is 4.75. The molecule has 1 N–H and O–H groups in total. The zero-order valence-electron chi connectivity index (χ0n) is 10.4. The van der Waals surface area contributed by atoms with Gasteiger partial charge in [0.25, 0.3) is 0 Å². The summed E-state index contributed by atoms with van der Waals surface area (Å²) in [4.78, 5) is 4.60.